The number of hydrogen-bond acceptors (Lipinski definition) is 32. The summed E-state index contributed by atoms with van der Waals surface area (Å²) in [4.78, 5) is 137. The van der Waals surface area contributed by atoms with Gasteiger partial charge in [-0.3, -0.25) is 47.9 Å². The Labute approximate surface area is 589 Å². The number of Topliss-reactive ketones (excluding diaryl/α,β-unsaturated/α-hetero) is 4. The Hall–Kier alpha value is -5.95. The fraction of sp³-hybridized carbons (Fsp3) is 0.828. The summed E-state index contributed by atoms with van der Waals surface area (Å²) in [6.45, 7) is 4.32. The summed E-state index contributed by atoms with van der Waals surface area (Å²) in [5, 5.41) is 109. The van der Waals surface area contributed by atoms with Crippen molar-refractivity contribution in [2.75, 3.05) is 165 Å². The van der Waals surface area contributed by atoms with Crippen LogP contribution in [0.2, 0.25) is 0 Å². The molecule has 0 radical (unpaired) electrons. The first-order valence-corrected chi connectivity index (χ1v) is 32.7. The SMILES string of the molecule is C.C.COC(=O)CCNC(=O)OC[C@H](CC(=O)CNC(=O)CCC(=O)CNC(=O)CCC(=O)OC(C)(C)C)C(=O)CCCOCCOCCOCCOCCOCCOCCOCCOCCC(=O)C[C@@H](CCC(=O)NC[C@H](O)[C@@H](O)[C@H](O)[C@H](O)CO)C(=O)NC[C@H](O)[C@@H](O)[C@H](O)[C@H](O)CO. The van der Waals surface area contributed by atoms with Gasteiger partial charge in [-0.05, 0) is 33.6 Å². The number of alkyl carbamates (subject to hydrolysis) is 1. The molecular formula is C64H117N5O32. The van der Waals surface area contributed by atoms with Crippen molar-refractivity contribution in [3.8, 4) is 0 Å². The largest absolute Gasteiger partial charge is 0.469 e. The van der Waals surface area contributed by atoms with Gasteiger partial charge in [-0.25, -0.2) is 4.79 Å². The lowest BCUT2D eigenvalue weighted by Gasteiger charge is -2.26. The van der Waals surface area contributed by atoms with E-state index in [0.717, 1.165) is 0 Å². The molecule has 0 aromatic heterocycles. The minimum Gasteiger partial charge on any atom is -0.469 e. The quantitative estimate of drug-likeness (QED) is 0.0154. The number of nitrogens with one attached hydrogen (secondary N) is 5. The minimum absolute atomic E-state index is 0. The lowest BCUT2D eigenvalue weighted by atomic mass is 9.94. The van der Waals surface area contributed by atoms with Crippen LogP contribution in [-0.4, -0.2) is 336 Å². The van der Waals surface area contributed by atoms with E-state index in [4.69, 9.17) is 57.6 Å². The van der Waals surface area contributed by atoms with Gasteiger partial charge < -0.3 is 130 Å². The predicted molar refractivity (Wildman–Crippen MR) is 354 cm³/mol. The summed E-state index contributed by atoms with van der Waals surface area (Å²) in [6, 6.07) is 0. The Balaban J connectivity index is -0.0000480. The lowest BCUT2D eigenvalue weighted by Crippen LogP contribution is -2.50. The van der Waals surface area contributed by atoms with Crippen LogP contribution in [0.4, 0.5) is 4.79 Å². The van der Waals surface area contributed by atoms with Crippen LogP contribution in [-0.2, 0) is 100 Å². The fourth-order valence-corrected chi connectivity index (χ4v) is 8.14. The maximum atomic E-state index is 13.2. The third-order valence-corrected chi connectivity index (χ3v) is 13.8. The highest BCUT2D eigenvalue weighted by Crippen LogP contribution is 2.16. The Kier molecular flexibility index (Phi) is 60.4. The zero-order valence-electron chi connectivity index (χ0n) is 57.2. The van der Waals surface area contributed by atoms with Crippen molar-refractivity contribution in [2.24, 2.45) is 11.8 Å². The number of carbonyl (C=O) groups is 11. The van der Waals surface area contributed by atoms with Gasteiger partial charge in [-0.2, -0.15) is 0 Å². The molecule has 0 bridgehead atoms. The molecular weight excluding hydrogens is 1350 g/mol. The monoisotopic (exact) mass is 1470 g/mol. The molecule has 0 spiro atoms. The highest BCUT2D eigenvalue weighted by molar-refractivity contribution is 5.93. The van der Waals surface area contributed by atoms with E-state index in [0.29, 0.717) is 46.2 Å². The Morgan fingerprint density at radius 1 is 0.396 bits per heavy atom. The maximum Gasteiger partial charge on any atom is 0.407 e. The molecule has 5 amide bonds. The number of aliphatic hydroxyl groups is 10. The molecule has 15 N–H and O–H groups in total. The average Bonchev–Trinajstić information content (AvgIpc) is 0.918. The van der Waals surface area contributed by atoms with E-state index in [2.05, 4.69) is 31.3 Å². The summed E-state index contributed by atoms with van der Waals surface area (Å²) < 4.78 is 58.7. The van der Waals surface area contributed by atoms with Crippen molar-refractivity contribution in [3.63, 3.8) is 0 Å². The normalized spacial score (nSPS) is 14.3. The third kappa shape index (κ3) is 54.4. The molecule has 0 aromatic rings. The number of methoxy groups -OCH3 is 1. The van der Waals surface area contributed by atoms with E-state index in [1.165, 1.54) is 7.11 Å². The van der Waals surface area contributed by atoms with Crippen LogP contribution in [0.5, 0.6) is 0 Å². The van der Waals surface area contributed by atoms with Crippen molar-refractivity contribution in [3.05, 3.63) is 0 Å². The summed E-state index contributed by atoms with van der Waals surface area (Å²) in [5.74, 6) is -7.99. The summed E-state index contributed by atoms with van der Waals surface area (Å²) >= 11 is 0. The van der Waals surface area contributed by atoms with Crippen LogP contribution in [0.15, 0.2) is 0 Å². The van der Waals surface area contributed by atoms with Crippen molar-refractivity contribution in [2.45, 2.75) is 167 Å². The molecule has 0 saturated carbocycles. The summed E-state index contributed by atoms with van der Waals surface area (Å²) in [7, 11) is 1.19. The molecule has 10 atom stereocenters. The van der Waals surface area contributed by atoms with E-state index in [-0.39, 0.29) is 158 Å². The van der Waals surface area contributed by atoms with Crippen molar-refractivity contribution < 1.29 is 156 Å². The highest BCUT2D eigenvalue weighted by atomic mass is 16.6. The molecule has 0 aliphatic rings. The number of carbonyl (C=O) groups excluding carboxylic acids is 11. The van der Waals surface area contributed by atoms with Crippen LogP contribution in [0.25, 0.3) is 0 Å². The molecule has 0 rings (SSSR count). The van der Waals surface area contributed by atoms with Gasteiger partial charge in [-0.1, -0.05) is 14.9 Å². The first-order chi connectivity index (χ1) is 47.0. The van der Waals surface area contributed by atoms with E-state index in [9.17, 15) is 93.6 Å². The third-order valence-electron chi connectivity index (χ3n) is 13.8. The average molecular weight is 1470 g/mol. The minimum atomic E-state index is -1.98. The molecule has 101 heavy (non-hydrogen) atoms. The molecule has 590 valence electrons. The zero-order valence-corrected chi connectivity index (χ0v) is 57.2. The highest BCUT2D eigenvalue weighted by Gasteiger charge is 2.33. The Morgan fingerprint density at radius 3 is 1.26 bits per heavy atom. The predicted octanol–water partition coefficient (Wildman–Crippen LogP) is -4.84. The standard InChI is InChI=1S/C62H109N5O32.2CH4/c1-62(2,3)99-55(82)12-11-53(80)64-34-44(71)8-10-52(79)65-35-45(72)33-42(40-98-61(88)63-15-13-54(81)89-4)46(73)6-5-16-90-18-20-92-22-24-94-26-28-96-30-31-97-29-27-95-25-23-93-21-19-91-17-14-43(70)32-41(60(87)67-37-48(75)57(84)59(86)50(77)39-69)7-9-51(78)66-36-47(74)56(83)58(85)49(76)38-68;;/h41-42,47-50,56-59,68-69,74-77,83-86H,5-40H2,1-4H3,(H,63,88)(H,64,80)(H,65,79)(H,66,78)(H,67,87);2*1H4/t41-,42+,47+,48+,49-,50-,56-,57-,58-,59-;;/m1../s1. The topological polar surface area (TPSA) is 552 Å². The van der Waals surface area contributed by atoms with Crippen molar-refractivity contribution in [1.82, 2.24) is 26.6 Å². The number of ether oxygens (including phenoxy) is 11. The fourth-order valence-electron chi connectivity index (χ4n) is 8.14. The second kappa shape index (κ2) is 61.5. The zero-order chi connectivity index (χ0) is 74.4. The number of hydrogen-bond donors (Lipinski definition) is 15. The van der Waals surface area contributed by atoms with Crippen LogP contribution in [0.1, 0.15) is 113 Å². The molecule has 37 heteroatoms. The van der Waals surface area contributed by atoms with Crippen LogP contribution in [0, 0.1) is 11.8 Å². The van der Waals surface area contributed by atoms with Crippen LogP contribution in [0.3, 0.4) is 0 Å². The first kappa shape index (κ1) is 99.2. The van der Waals surface area contributed by atoms with Gasteiger partial charge in [0.1, 0.15) is 60.4 Å². The van der Waals surface area contributed by atoms with Crippen LogP contribution < -0.4 is 26.6 Å². The van der Waals surface area contributed by atoms with Gasteiger partial charge in [0, 0.05) is 83.5 Å². The van der Waals surface area contributed by atoms with Gasteiger partial charge in [0.15, 0.2) is 11.6 Å². The number of ketones is 4. The Morgan fingerprint density at radius 2 is 0.802 bits per heavy atom. The second-order valence-corrected chi connectivity index (χ2v) is 23.3. The van der Waals surface area contributed by atoms with E-state index in [1.807, 2.05) is 0 Å². The molecule has 0 fully saturated rings. The molecule has 0 unspecified atom stereocenters. The second-order valence-electron chi connectivity index (χ2n) is 23.3. The summed E-state index contributed by atoms with van der Waals surface area (Å²) in [5.41, 5.74) is -0.710. The lowest BCUT2D eigenvalue weighted by molar-refractivity contribution is -0.155. The maximum absolute atomic E-state index is 13.2. The van der Waals surface area contributed by atoms with Gasteiger partial charge in [0.25, 0.3) is 0 Å². The molecule has 0 aromatic carbocycles. The van der Waals surface area contributed by atoms with Crippen molar-refractivity contribution >= 4 is 64.8 Å². The van der Waals surface area contributed by atoms with Gasteiger partial charge >= 0.3 is 18.0 Å². The van der Waals surface area contributed by atoms with E-state index in [1.54, 1.807) is 20.8 Å². The van der Waals surface area contributed by atoms with E-state index < -0.39 is 177 Å². The number of amides is 5. The number of aliphatic hydroxyl groups excluding tert-OH is 10. The van der Waals surface area contributed by atoms with Gasteiger partial charge in [0.2, 0.25) is 23.6 Å². The molecule has 0 saturated heterocycles. The molecule has 0 aliphatic heterocycles. The molecule has 37 nitrogen and oxygen atoms in total. The van der Waals surface area contributed by atoms with Gasteiger partial charge in [0.05, 0.1) is 163 Å². The molecule has 0 heterocycles. The number of rotatable bonds is 64. The smallest absolute Gasteiger partial charge is 0.407 e. The Bertz CT molecular complexity index is 2300. The molecule has 0 aliphatic carbocycles. The van der Waals surface area contributed by atoms with Crippen molar-refractivity contribution in [1.29, 1.82) is 0 Å². The first-order valence-electron chi connectivity index (χ1n) is 32.7. The van der Waals surface area contributed by atoms with Crippen LogP contribution >= 0.6 is 0 Å². The van der Waals surface area contributed by atoms with E-state index >= 15 is 0 Å². The summed E-state index contributed by atoms with van der Waals surface area (Å²) in [6.07, 6.45) is -18.2. The number of esters is 2. The van der Waals surface area contributed by atoms with Gasteiger partial charge in [-0.15, -0.1) is 0 Å².